The van der Waals surface area contributed by atoms with Crippen molar-refractivity contribution in [2.24, 2.45) is 0 Å². The molecule has 0 radical (unpaired) electrons. The number of amides is 1. The van der Waals surface area contributed by atoms with Crippen molar-refractivity contribution in [3.05, 3.63) is 45.7 Å². The number of anilines is 1. The Morgan fingerprint density at radius 1 is 1.20 bits per heavy atom. The first-order valence-corrected chi connectivity index (χ1v) is 8.88. The quantitative estimate of drug-likeness (QED) is 0.757. The van der Waals surface area contributed by atoms with Crippen LogP contribution in [0.1, 0.15) is 41.3 Å². The van der Waals surface area contributed by atoms with E-state index in [-0.39, 0.29) is 5.91 Å². The summed E-state index contributed by atoms with van der Waals surface area (Å²) >= 11 is 6.43. The van der Waals surface area contributed by atoms with Crippen LogP contribution in [-0.4, -0.2) is 20.5 Å². The zero-order chi connectivity index (χ0) is 17.3. The van der Waals surface area contributed by atoms with Crippen LogP contribution < -0.4 is 5.32 Å². The summed E-state index contributed by atoms with van der Waals surface area (Å²) in [4.78, 5) is 16.5. The van der Waals surface area contributed by atoms with Crippen molar-refractivity contribution < 1.29 is 4.79 Å². The van der Waals surface area contributed by atoms with Gasteiger partial charge in [-0.1, -0.05) is 17.7 Å². The van der Waals surface area contributed by atoms with Gasteiger partial charge in [-0.3, -0.25) is 4.79 Å². The molecule has 3 heterocycles. The van der Waals surface area contributed by atoms with Gasteiger partial charge in [0.1, 0.15) is 0 Å². The van der Waals surface area contributed by atoms with E-state index >= 15 is 0 Å². The van der Waals surface area contributed by atoms with Gasteiger partial charge in [0.15, 0.2) is 11.5 Å². The van der Waals surface area contributed by atoms with Gasteiger partial charge in [0, 0.05) is 11.5 Å². The number of pyridine rings is 1. The minimum absolute atomic E-state index is 0.0170. The van der Waals surface area contributed by atoms with Gasteiger partial charge in [-0.05, 0) is 55.5 Å². The first-order chi connectivity index (χ1) is 12.0. The molecule has 126 valence electrons. The molecule has 0 spiro atoms. The standard InChI is InChI=1S/C19H17ClN4O/c1-9-5-10(2)19-22-18(11-3-4-11)23-24(19)17(9)13-6-12-8-15(25)21-16(12)14(20)7-13/h5-7,11H,3-4,8H2,1-2H3,(H,21,25). The summed E-state index contributed by atoms with van der Waals surface area (Å²) in [7, 11) is 0. The fraction of sp³-hybridized carbons (Fsp3) is 0.316. The highest BCUT2D eigenvalue weighted by atomic mass is 35.5. The van der Waals surface area contributed by atoms with Crippen molar-refractivity contribution in [1.82, 2.24) is 14.6 Å². The highest BCUT2D eigenvalue weighted by molar-refractivity contribution is 6.34. The number of fused-ring (bicyclic) bond motifs is 2. The van der Waals surface area contributed by atoms with Gasteiger partial charge in [0.2, 0.25) is 5.91 Å². The maximum Gasteiger partial charge on any atom is 0.228 e. The smallest absolute Gasteiger partial charge is 0.228 e. The van der Waals surface area contributed by atoms with Gasteiger partial charge in [0.05, 0.1) is 22.8 Å². The average Bonchev–Trinajstić information content (AvgIpc) is 3.18. The molecule has 1 aromatic carbocycles. The molecule has 3 aromatic rings. The number of aryl methyl sites for hydroxylation is 2. The monoisotopic (exact) mass is 352 g/mol. The molecule has 25 heavy (non-hydrogen) atoms. The topological polar surface area (TPSA) is 59.3 Å². The summed E-state index contributed by atoms with van der Waals surface area (Å²) in [5.74, 6) is 1.41. The van der Waals surface area contributed by atoms with Gasteiger partial charge in [0.25, 0.3) is 0 Å². The highest BCUT2D eigenvalue weighted by Crippen LogP contribution is 2.40. The molecule has 1 fully saturated rings. The van der Waals surface area contributed by atoms with Gasteiger partial charge in [-0.2, -0.15) is 5.10 Å². The van der Waals surface area contributed by atoms with Crippen LogP contribution in [0.15, 0.2) is 18.2 Å². The first kappa shape index (κ1) is 14.9. The molecule has 0 bridgehead atoms. The van der Waals surface area contributed by atoms with Crippen molar-refractivity contribution in [2.75, 3.05) is 5.32 Å². The molecular weight excluding hydrogens is 336 g/mol. The van der Waals surface area contributed by atoms with Gasteiger partial charge in [-0.15, -0.1) is 0 Å². The van der Waals surface area contributed by atoms with E-state index in [1.165, 1.54) is 12.8 Å². The molecule has 1 aliphatic heterocycles. The number of rotatable bonds is 2. The van der Waals surface area contributed by atoms with E-state index in [1.54, 1.807) is 0 Å². The third kappa shape index (κ3) is 2.26. The average molecular weight is 353 g/mol. The molecule has 5 nitrogen and oxygen atoms in total. The van der Waals surface area contributed by atoms with Crippen molar-refractivity contribution >= 4 is 28.8 Å². The largest absolute Gasteiger partial charge is 0.324 e. The van der Waals surface area contributed by atoms with Crippen LogP contribution in [0.3, 0.4) is 0 Å². The second-order valence-electron chi connectivity index (χ2n) is 7.06. The lowest BCUT2D eigenvalue weighted by Crippen LogP contribution is -2.03. The minimum atomic E-state index is -0.0170. The second-order valence-corrected chi connectivity index (χ2v) is 7.46. The van der Waals surface area contributed by atoms with Crippen molar-refractivity contribution in [3.8, 4) is 11.3 Å². The van der Waals surface area contributed by atoms with E-state index in [9.17, 15) is 4.79 Å². The Morgan fingerprint density at radius 2 is 2.00 bits per heavy atom. The third-order valence-corrected chi connectivity index (χ3v) is 5.30. The van der Waals surface area contributed by atoms with Crippen molar-refractivity contribution in [1.29, 1.82) is 0 Å². The van der Waals surface area contributed by atoms with Crippen LogP contribution in [-0.2, 0) is 11.2 Å². The molecule has 1 saturated carbocycles. The Balaban J connectivity index is 1.77. The lowest BCUT2D eigenvalue weighted by molar-refractivity contribution is -0.115. The number of aromatic nitrogens is 3. The number of nitrogens with one attached hydrogen (secondary N) is 1. The molecule has 2 aliphatic rings. The zero-order valence-corrected chi connectivity index (χ0v) is 14.8. The van der Waals surface area contributed by atoms with E-state index < -0.39 is 0 Å². The predicted octanol–water partition coefficient (Wildman–Crippen LogP) is 4.04. The molecule has 1 N–H and O–H groups in total. The van der Waals surface area contributed by atoms with Crippen molar-refractivity contribution in [3.63, 3.8) is 0 Å². The van der Waals surface area contributed by atoms with E-state index in [0.717, 1.165) is 45.1 Å². The summed E-state index contributed by atoms with van der Waals surface area (Å²) in [5, 5.41) is 8.18. The van der Waals surface area contributed by atoms with Gasteiger partial charge < -0.3 is 5.32 Å². The zero-order valence-electron chi connectivity index (χ0n) is 14.1. The Labute approximate surface area is 150 Å². The van der Waals surface area contributed by atoms with E-state index in [4.69, 9.17) is 21.7 Å². The molecule has 5 rings (SSSR count). The van der Waals surface area contributed by atoms with Crippen LogP contribution in [0, 0.1) is 13.8 Å². The number of hydrogen-bond donors (Lipinski definition) is 1. The summed E-state index contributed by atoms with van der Waals surface area (Å²) in [6, 6.07) is 6.08. The fourth-order valence-electron chi connectivity index (χ4n) is 3.66. The number of halogens is 1. The van der Waals surface area contributed by atoms with Crippen LogP contribution in [0.5, 0.6) is 0 Å². The Bertz CT molecular complexity index is 1070. The van der Waals surface area contributed by atoms with Crippen molar-refractivity contribution in [2.45, 2.75) is 39.0 Å². The van der Waals surface area contributed by atoms with E-state index in [2.05, 4.69) is 25.2 Å². The number of benzene rings is 1. The Morgan fingerprint density at radius 3 is 2.76 bits per heavy atom. The van der Waals surface area contributed by atoms with Crippen LogP contribution in [0.2, 0.25) is 5.02 Å². The Hall–Kier alpha value is -2.40. The molecular formula is C19H17ClN4O. The Kier molecular flexibility index (Phi) is 3.01. The highest BCUT2D eigenvalue weighted by Gasteiger charge is 2.29. The molecule has 1 aliphatic carbocycles. The normalized spacial score (nSPS) is 16.4. The number of carbonyl (C=O) groups is 1. The molecule has 0 atom stereocenters. The molecule has 1 amide bonds. The lowest BCUT2D eigenvalue weighted by Gasteiger charge is -2.12. The molecule has 0 unspecified atom stereocenters. The summed E-state index contributed by atoms with van der Waals surface area (Å²) in [6.07, 6.45) is 2.70. The lowest BCUT2D eigenvalue weighted by atomic mass is 10.0. The molecule has 2 aromatic heterocycles. The van der Waals surface area contributed by atoms with Gasteiger partial charge in [-0.25, -0.2) is 9.50 Å². The van der Waals surface area contributed by atoms with Crippen LogP contribution in [0.25, 0.3) is 16.9 Å². The third-order valence-electron chi connectivity index (χ3n) is 5.00. The maximum absolute atomic E-state index is 11.7. The number of carbonyl (C=O) groups excluding carboxylic acids is 1. The first-order valence-electron chi connectivity index (χ1n) is 8.51. The number of nitrogens with zero attached hydrogens (tertiary/aromatic N) is 3. The van der Waals surface area contributed by atoms with Crippen LogP contribution >= 0.6 is 11.6 Å². The molecule has 6 heteroatoms. The molecule has 0 saturated heterocycles. The number of hydrogen-bond acceptors (Lipinski definition) is 3. The second kappa shape index (κ2) is 5.05. The van der Waals surface area contributed by atoms with E-state index in [0.29, 0.717) is 17.4 Å². The maximum atomic E-state index is 11.7. The minimum Gasteiger partial charge on any atom is -0.324 e. The van der Waals surface area contributed by atoms with Gasteiger partial charge >= 0.3 is 0 Å². The van der Waals surface area contributed by atoms with Crippen LogP contribution in [0.4, 0.5) is 5.69 Å². The summed E-state index contributed by atoms with van der Waals surface area (Å²) in [6.45, 7) is 4.14. The predicted molar refractivity (Wildman–Crippen MR) is 97.2 cm³/mol. The summed E-state index contributed by atoms with van der Waals surface area (Å²) in [5.41, 5.74) is 6.75. The summed E-state index contributed by atoms with van der Waals surface area (Å²) < 4.78 is 1.95. The SMILES string of the molecule is Cc1cc(C)c2nc(C3CC3)nn2c1-c1cc(Cl)c2c(c1)CC(=O)N2. The fourth-order valence-corrected chi connectivity index (χ4v) is 3.95. The van der Waals surface area contributed by atoms with E-state index in [1.807, 2.05) is 16.6 Å².